The number of nitrogens with one attached hydrogen (secondary N) is 1. The molecule has 0 saturated heterocycles. The van der Waals surface area contributed by atoms with E-state index in [-0.39, 0.29) is 0 Å². The van der Waals surface area contributed by atoms with E-state index in [1.165, 1.54) is 43.5 Å². The molecule has 1 aliphatic carbocycles. The molecule has 3 heteroatoms. The van der Waals surface area contributed by atoms with Crippen LogP contribution in [0.25, 0.3) is 0 Å². The molecule has 96 valence electrons. The Morgan fingerprint density at radius 3 is 2.94 bits per heavy atom. The van der Waals surface area contributed by atoms with Gasteiger partial charge in [-0.05, 0) is 31.6 Å². The van der Waals surface area contributed by atoms with Gasteiger partial charge in [-0.3, -0.25) is 4.68 Å². The highest BCUT2D eigenvalue weighted by Crippen LogP contribution is 2.26. The van der Waals surface area contributed by atoms with Gasteiger partial charge in [-0.2, -0.15) is 5.10 Å². The van der Waals surface area contributed by atoms with Crippen molar-refractivity contribution in [2.75, 3.05) is 5.32 Å². The van der Waals surface area contributed by atoms with Gasteiger partial charge in [0.25, 0.3) is 0 Å². The van der Waals surface area contributed by atoms with Gasteiger partial charge in [-0.25, -0.2) is 0 Å². The zero-order valence-corrected chi connectivity index (χ0v) is 11.4. The summed E-state index contributed by atoms with van der Waals surface area (Å²) in [5.74, 6) is 0.904. The topological polar surface area (TPSA) is 29.9 Å². The van der Waals surface area contributed by atoms with E-state index < -0.39 is 0 Å². The van der Waals surface area contributed by atoms with Crippen LogP contribution in [0.4, 0.5) is 5.69 Å². The Hall–Kier alpha value is -0.990. The molecular weight excluding hydrogens is 210 g/mol. The molecule has 2 unspecified atom stereocenters. The molecule has 1 fully saturated rings. The van der Waals surface area contributed by atoms with Gasteiger partial charge in [-0.1, -0.05) is 26.7 Å². The quantitative estimate of drug-likeness (QED) is 0.814. The summed E-state index contributed by atoms with van der Waals surface area (Å²) in [6, 6.07) is 0.648. The molecule has 1 aromatic heterocycles. The number of rotatable bonds is 3. The lowest BCUT2D eigenvalue weighted by Gasteiger charge is -2.17. The standard InChI is InChI=1S/C14H25N3/c1-4-13-14(10-17(3)16-13)15-12-7-5-6-11(2)8-9-12/h10-12,15H,4-9H2,1-3H3. The zero-order valence-electron chi connectivity index (χ0n) is 11.4. The van der Waals surface area contributed by atoms with E-state index in [1.807, 2.05) is 11.7 Å². The van der Waals surface area contributed by atoms with Gasteiger partial charge >= 0.3 is 0 Å². The molecule has 2 atom stereocenters. The van der Waals surface area contributed by atoms with Crippen molar-refractivity contribution in [3.8, 4) is 0 Å². The van der Waals surface area contributed by atoms with Gasteiger partial charge in [0.05, 0.1) is 11.4 Å². The van der Waals surface area contributed by atoms with Gasteiger partial charge in [-0.15, -0.1) is 0 Å². The maximum Gasteiger partial charge on any atom is 0.0853 e. The van der Waals surface area contributed by atoms with Crippen LogP contribution in [-0.2, 0) is 13.5 Å². The molecule has 0 aromatic carbocycles. The SMILES string of the molecule is CCc1nn(C)cc1NC1CCCC(C)CC1. The first-order valence-corrected chi connectivity index (χ1v) is 6.98. The van der Waals surface area contributed by atoms with Crippen LogP contribution >= 0.6 is 0 Å². The number of aromatic nitrogens is 2. The zero-order chi connectivity index (χ0) is 12.3. The van der Waals surface area contributed by atoms with Crippen LogP contribution in [0.2, 0.25) is 0 Å². The highest BCUT2D eigenvalue weighted by atomic mass is 15.3. The third kappa shape index (κ3) is 3.24. The Bertz CT molecular complexity index is 356. The van der Waals surface area contributed by atoms with E-state index in [1.54, 1.807) is 0 Å². The summed E-state index contributed by atoms with van der Waals surface area (Å²) in [5.41, 5.74) is 2.44. The minimum atomic E-state index is 0.648. The van der Waals surface area contributed by atoms with E-state index in [9.17, 15) is 0 Å². The maximum absolute atomic E-state index is 4.49. The first-order valence-electron chi connectivity index (χ1n) is 6.98. The third-order valence-corrected chi connectivity index (χ3v) is 3.86. The minimum Gasteiger partial charge on any atom is -0.380 e. The molecule has 17 heavy (non-hydrogen) atoms. The lowest BCUT2D eigenvalue weighted by atomic mass is 10.0. The fourth-order valence-corrected chi connectivity index (χ4v) is 2.77. The molecule has 0 aliphatic heterocycles. The number of hydrogen-bond acceptors (Lipinski definition) is 2. The lowest BCUT2D eigenvalue weighted by molar-refractivity contribution is 0.502. The predicted octanol–water partition coefficient (Wildman–Crippen LogP) is 3.36. The second kappa shape index (κ2) is 5.56. The van der Waals surface area contributed by atoms with Crippen molar-refractivity contribution in [2.45, 2.75) is 58.4 Å². The van der Waals surface area contributed by atoms with Crippen LogP contribution in [0.1, 0.15) is 51.6 Å². The summed E-state index contributed by atoms with van der Waals surface area (Å²) in [6.45, 7) is 4.55. The van der Waals surface area contributed by atoms with Gasteiger partial charge in [0.15, 0.2) is 0 Å². The van der Waals surface area contributed by atoms with Crippen LogP contribution in [0.5, 0.6) is 0 Å². The molecule has 0 amide bonds. The molecule has 1 heterocycles. The largest absolute Gasteiger partial charge is 0.380 e. The first kappa shape index (κ1) is 12.5. The number of anilines is 1. The molecule has 0 bridgehead atoms. The monoisotopic (exact) mass is 235 g/mol. The fourth-order valence-electron chi connectivity index (χ4n) is 2.77. The van der Waals surface area contributed by atoms with Crippen molar-refractivity contribution >= 4 is 5.69 Å². The van der Waals surface area contributed by atoms with Crippen molar-refractivity contribution in [3.63, 3.8) is 0 Å². The number of aryl methyl sites for hydroxylation is 2. The highest BCUT2D eigenvalue weighted by Gasteiger charge is 2.17. The average Bonchev–Trinajstić information content (AvgIpc) is 2.52. The Kier molecular flexibility index (Phi) is 4.08. The number of hydrogen-bond donors (Lipinski definition) is 1. The maximum atomic E-state index is 4.49. The smallest absolute Gasteiger partial charge is 0.0853 e. The summed E-state index contributed by atoms with van der Waals surface area (Å²) in [6.07, 6.45) is 9.85. The van der Waals surface area contributed by atoms with Crippen molar-refractivity contribution < 1.29 is 0 Å². The van der Waals surface area contributed by atoms with Crippen molar-refractivity contribution in [2.24, 2.45) is 13.0 Å². The molecule has 2 rings (SSSR count). The van der Waals surface area contributed by atoms with E-state index in [2.05, 4.69) is 30.5 Å². The Morgan fingerprint density at radius 2 is 2.18 bits per heavy atom. The fraction of sp³-hybridized carbons (Fsp3) is 0.786. The van der Waals surface area contributed by atoms with Gasteiger partial charge in [0, 0.05) is 19.3 Å². The summed E-state index contributed by atoms with van der Waals surface area (Å²) in [4.78, 5) is 0. The van der Waals surface area contributed by atoms with E-state index in [0.29, 0.717) is 6.04 Å². The number of nitrogens with zero attached hydrogens (tertiary/aromatic N) is 2. The van der Waals surface area contributed by atoms with Gasteiger partial charge < -0.3 is 5.32 Å². The second-order valence-corrected chi connectivity index (χ2v) is 5.47. The van der Waals surface area contributed by atoms with E-state index in [0.717, 1.165) is 12.3 Å². The van der Waals surface area contributed by atoms with Crippen molar-refractivity contribution in [1.82, 2.24) is 9.78 Å². The Balaban J connectivity index is 1.99. The molecule has 3 nitrogen and oxygen atoms in total. The van der Waals surface area contributed by atoms with Crippen molar-refractivity contribution in [1.29, 1.82) is 0 Å². The Labute approximate surface area is 105 Å². The normalized spacial score (nSPS) is 25.6. The van der Waals surface area contributed by atoms with Crippen molar-refractivity contribution in [3.05, 3.63) is 11.9 Å². The molecule has 0 radical (unpaired) electrons. The van der Waals surface area contributed by atoms with E-state index >= 15 is 0 Å². The van der Waals surface area contributed by atoms with Crippen LogP contribution in [0.15, 0.2) is 6.20 Å². The summed E-state index contributed by atoms with van der Waals surface area (Å²) < 4.78 is 1.92. The Morgan fingerprint density at radius 1 is 1.35 bits per heavy atom. The van der Waals surface area contributed by atoms with Crippen LogP contribution in [0, 0.1) is 5.92 Å². The van der Waals surface area contributed by atoms with Crippen LogP contribution in [0.3, 0.4) is 0 Å². The second-order valence-electron chi connectivity index (χ2n) is 5.47. The lowest BCUT2D eigenvalue weighted by Crippen LogP contribution is -2.18. The molecule has 1 aliphatic rings. The van der Waals surface area contributed by atoms with Crippen LogP contribution < -0.4 is 5.32 Å². The molecule has 0 spiro atoms. The predicted molar refractivity (Wildman–Crippen MR) is 72.2 cm³/mol. The third-order valence-electron chi connectivity index (χ3n) is 3.86. The average molecular weight is 235 g/mol. The van der Waals surface area contributed by atoms with Gasteiger partial charge in [0.2, 0.25) is 0 Å². The first-order chi connectivity index (χ1) is 8.19. The van der Waals surface area contributed by atoms with Crippen LogP contribution in [-0.4, -0.2) is 15.8 Å². The molecule has 1 N–H and O–H groups in total. The summed E-state index contributed by atoms with van der Waals surface area (Å²) >= 11 is 0. The summed E-state index contributed by atoms with van der Waals surface area (Å²) in [5, 5.41) is 8.19. The molecular formula is C14H25N3. The van der Waals surface area contributed by atoms with Gasteiger partial charge in [0.1, 0.15) is 0 Å². The summed E-state index contributed by atoms with van der Waals surface area (Å²) in [7, 11) is 2.00. The van der Waals surface area contributed by atoms with E-state index in [4.69, 9.17) is 0 Å². The molecule has 1 aromatic rings. The molecule has 1 saturated carbocycles. The minimum absolute atomic E-state index is 0.648. The highest BCUT2D eigenvalue weighted by molar-refractivity contribution is 5.47.